The van der Waals surface area contributed by atoms with E-state index in [1.807, 2.05) is 13.0 Å². The molecule has 0 N–H and O–H groups in total. The summed E-state index contributed by atoms with van der Waals surface area (Å²) in [6.45, 7) is 1.85. The minimum Gasteiger partial charge on any atom is -0.480 e. The summed E-state index contributed by atoms with van der Waals surface area (Å²) in [4.78, 5) is 8.40. The summed E-state index contributed by atoms with van der Waals surface area (Å²) in [5, 5.41) is 0.563. The molecule has 3 rings (SSSR count). The van der Waals surface area contributed by atoms with Gasteiger partial charge in [0.1, 0.15) is 6.33 Å². The van der Waals surface area contributed by atoms with Gasteiger partial charge in [0.2, 0.25) is 5.88 Å². The topological polar surface area (TPSA) is 74.1 Å². The van der Waals surface area contributed by atoms with E-state index in [0.717, 1.165) is 3.97 Å². The predicted molar refractivity (Wildman–Crippen MR) is 87.8 cm³/mol. The molecule has 0 aliphatic rings. The van der Waals surface area contributed by atoms with E-state index in [1.165, 1.54) is 19.6 Å². The van der Waals surface area contributed by atoms with Crippen molar-refractivity contribution >= 4 is 27.1 Å². The van der Waals surface area contributed by atoms with Crippen molar-refractivity contribution in [3.8, 4) is 5.88 Å². The highest BCUT2D eigenvalue weighted by Crippen LogP contribution is 2.30. The zero-order chi connectivity index (χ0) is 16.4. The van der Waals surface area contributed by atoms with E-state index in [4.69, 9.17) is 4.74 Å². The lowest BCUT2D eigenvalue weighted by molar-refractivity contribution is 0.402. The van der Waals surface area contributed by atoms with Crippen molar-refractivity contribution in [3.63, 3.8) is 0 Å². The molecular weight excluding hydrogens is 314 g/mol. The Bertz CT molecular complexity index is 976. The molecule has 0 spiro atoms. The van der Waals surface area contributed by atoms with Crippen LogP contribution < -0.4 is 4.74 Å². The van der Waals surface area contributed by atoms with Crippen molar-refractivity contribution in [2.45, 2.75) is 11.8 Å². The number of hydrogen-bond donors (Lipinski definition) is 0. The van der Waals surface area contributed by atoms with E-state index in [9.17, 15) is 8.42 Å². The van der Waals surface area contributed by atoms with Gasteiger partial charge in [-0.25, -0.2) is 22.4 Å². The molecular formula is C16H15N3O3S. The third kappa shape index (κ3) is 2.49. The van der Waals surface area contributed by atoms with Crippen molar-refractivity contribution in [2.24, 2.45) is 0 Å². The minimum absolute atomic E-state index is 0.196. The van der Waals surface area contributed by atoms with Crippen molar-refractivity contribution in [1.82, 2.24) is 13.9 Å². The van der Waals surface area contributed by atoms with Crippen LogP contribution in [0.4, 0.5) is 0 Å². The lowest BCUT2D eigenvalue weighted by Gasteiger charge is -2.07. The Hall–Kier alpha value is -2.67. The molecule has 2 aromatic heterocycles. The van der Waals surface area contributed by atoms with Gasteiger partial charge in [-0.15, -0.1) is 0 Å². The molecule has 0 radical (unpaired) electrons. The van der Waals surface area contributed by atoms with Crippen molar-refractivity contribution < 1.29 is 13.2 Å². The summed E-state index contributed by atoms with van der Waals surface area (Å²) < 4.78 is 32.2. The van der Waals surface area contributed by atoms with E-state index >= 15 is 0 Å². The van der Waals surface area contributed by atoms with Crippen LogP contribution in [0.1, 0.15) is 12.5 Å². The van der Waals surface area contributed by atoms with Crippen LogP contribution in [0.3, 0.4) is 0 Å². The Morgan fingerprint density at radius 3 is 2.57 bits per heavy atom. The monoisotopic (exact) mass is 329 g/mol. The van der Waals surface area contributed by atoms with Gasteiger partial charge in [-0.05, 0) is 19.1 Å². The van der Waals surface area contributed by atoms with E-state index in [2.05, 4.69) is 9.97 Å². The molecule has 7 heteroatoms. The first-order valence-corrected chi connectivity index (χ1v) is 8.37. The van der Waals surface area contributed by atoms with E-state index in [0.29, 0.717) is 16.8 Å². The highest BCUT2D eigenvalue weighted by Gasteiger charge is 2.23. The Labute approximate surface area is 134 Å². The molecule has 3 aromatic rings. The minimum atomic E-state index is -3.75. The number of benzene rings is 1. The van der Waals surface area contributed by atoms with Crippen LogP contribution in [0.15, 0.2) is 53.8 Å². The van der Waals surface area contributed by atoms with Crippen LogP contribution >= 0.6 is 0 Å². The fourth-order valence-electron chi connectivity index (χ4n) is 2.38. The van der Waals surface area contributed by atoms with Crippen LogP contribution in [0.2, 0.25) is 0 Å². The van der Waals surface area contributed by atoms with Gasteiger partial charge in [0, 0.05) is 11.8 Å². The number of methoxy groups -OCH3 is 1. The second-order valence-electron chi connectivity index (χ2n) is 4.78. The Morgan fingerprint density at radius 1 is 1.17 bits per heavy atom. The SMILES string of the molecule is C/C=C/c1cn(S(=O)(=O)c2ccccc2)c2ncnc(OC)c12. The number of ether oxygens (including phenoxy) is 1. The molecule has 2 heterocycles. The number of aromatic nitrogens is 3. The van der Waals surface area contributed by atoms with Crippen LogP contribution in [0.5, 0.6) is 5.88 Å². The predicted octanol–water partition coefficient (Wildman–Crippen LogP) is 2.71. The molecule has 23 heavy (non-hydrogen) atoms. The number of hydrogen-bond acceptors (Lipinski definition) is 5. The van der Waals surface area contributed by atoms with Crippen LogP contribution in [-0.2, 0) is 10.0 Å². The fourth-order valence-corrected chi connectivity index (χ4v) is 3.73. The lowest BCUT2D eigenvalue weighted by Crippen LogP contribution is -2.12. The molecule has 0 saturated carbocycles. The summed E-state index contributed by atoms with van der Waals surface area (Å²) in [5.74, 6) is 0.338. The molecule has 0 unspecified atom stereocenters. The zero-order valence-electron chi connectivity index (χ0n) is 12.7. The fraction of sp³-hybridized carbons (Fsp3) is 0.125. The van der Waals surface area contributed by atoms with Gasteiger partial charge in [-0.2, -0.15) is 0 Å². The number of rotatable bonds is 4. The summed E-state index contributed by atoms with van der Waals surface area (Å²) in [7, 11) is -2.26. The third-order valence-corrected chi connectivity index (χ3v) is 5.05. The summed E-state index contributed by atoms with van der Waals surface area (Å²) in [6.07, 6.45) is 6.44. The molecule has 6 nitrogen and oxygen atoms in total. The maximum Gasteiger partial charge on any atom is 0.269 e. The average Bonchev–Trinajstić information content (AvgIpc) is 2.96. The largest absolute Gasteiger partial charge is 0.480 e. The van der Waals surface area contributed by atoms with Gasteiger partial charge in [0.25, 0.3) is 10.0 Å². The van der Waals surface area contributed by atoms with Crippen molar-refractivity contribution in [2.75, 3.05) is 7.11 Å². The van der Waals surface area contributed by atoms with Gasteiger partial charge in [0.05, 0.1) is 17.4 Å². The highest BCUT2D eigenvalue weighted by molar-refractivity contribution is 7.90. The van der Waals surface area contributed by atoms with E-state index in [-0.39, 0.29) is 10.5 Å². The maximum atomic E-state index is 12.9. The molecule has 0 aliphatic carbocycles. The van der Waals surface area contributed by atoms with Gasteiger partial charge >= 0.3 is 0 Å². The van der Waals surface area contributed by atoms with Crippen molar-refractivity contribution in [3.05, 3.63) is 54.5 Å². The first-order valence-electron chi connectivity index (χ1n) is 6.93. The van der Waals surface area contributed by atoms with Crippen LogP contribution in [-0.4, -0.2) is 29.5 Å². The maximum absolute atomic E-state index is 12.9. The summed E-state index contributed by atoms with van der Waals surface area (Å²) in [6, 6.07) is 8.23. The Balaban J connectivity index is 2.35. The lowest BCUT2D eigenvalue weighted by atomic mass is 10.2. The zero-order valence-corrected chi connectivity index (χ0v) is 13.5. The second-order valence-corrected chi connectivity index (χ2v) is 6.59. The average molecular weight is 329 g/mol. The number of nitrogens with zero attached hydrogens (tertiary/aromatic N) is 3. The summed E-state index contributed by atoms with van der Waals surface area (Å²) >= 11 is 0. The Kier molecular flexibility index (Phi) is 3.87. The van der Waals surface area contributed by atoms with Gasteiger partial charge in [-0.3, -0.25) is 0 Å². The molecule has 0 saturated heterocycles. The number of fused-ring (bicyclic) bond motifs is 1. The first-order chi connectivity index (χ1) is 11.1. The molecule has 0 fully saturated rings. The highest BCUT2D eigenvalue weighted by atomic mass is 32.2. The van der Waals surface area contributed by atoms with Crippen molar-refractivity contribution in [1.29, 1.82) is 0 Å². The van der Waals surface area contributed by atoms with E-state index in [1.54, 1.807) is 36.4 Å². The smallest absolute Gasteiger partial charge is 0.269 e. The Morgan fingerprint density at radius 2 is 1.91 bits per heavy atom. The normalized spacial score (nSPS) is 12.1. The molecule has 1 aromatic carbocycles. The van der Waals surface area contributed by atoms with Gasteiger partial charge in [0.15, 0.2) is 5.65 Å². The van der Waals surface area contributed by atoms with Gasteiger partial charge in [-0.1, -0.05) is 30.4 Å². The third-order valence-electron chi connectivity index (χ3n) is 3.39. The molecule has 0 aliphatic heterocycles. The van der Waals surface area contributed by atoms with E-state index < -0.39 is 10.0 Å². The van der Waals surface area contributed by atoms with Crippen LogP contribution in [0, 0.1) is 0 Å². The first kappa shape index (κ1) is 15.2. The summed E-state index contributed by atoms with van der Waals surface area (Å²) in [5.41, 5.74) is 0.966. The van der Waals surface area contributed by atoms with Gasteiger partial charge < -0.3 is 4.74 Å². The molecule has 0 bridgehead atoms. The standard InChI is InChI=1S/C16H15N3O3S/c1-3-7-12-10-19(15-14(12)16(22-2)18-11-17-15)23(20,21)13-8-5-4-6-9-13/h3-11H,1-2H3/b7-3+. The second kappa shape index (κ2) is 5.85. The quantitative estimate of drug-likeness (QED) is 0.736. The van der Waals surface area contributed by atoms with Crippen LogP contribution in [0.25, 0.3) is 17.1 Å². The number of allylic oxidation sites excluding steroid dienone is 1. The molecule has 118 valence electrons. The molecule has 0 amide bonds. The molecule has 0 atom stereocenters.